The molecule has 1 aliphatic carbocycles. The van der Waals surface area contributed by atoms with Gasteiger partial charge in [0, 0.05) is 11.1 Å². The Hall–Kier alpha value is -3.35. The second kappa shape index (κ2) is 9.02. The van der Waals surface area contributed by atoms with Crippen molar-refractivity contribution in [2.75, 3.05) is 7.11 Å². The SMILES string of the molecule is COc1ccc(C2(O)C=C(c3ccc(C(C)(C)C)cc3O[SiH](C)C)c3cccc(C(=O)O)c32)cc1. The van der Waals surface area contributed by atoms with Crippen molar-refractivity contribution in [1.29, 1.82) is 0 Å². The third-order valence-electron chi connectivity index (χ3n) is 6.35. The normalized spacial score (nSPS) is 17.2. The fraction of sp³-hybridized carbons (Fsp3) is 0.276. The predicted octanol–water partition coefficient (Wildman–Crippen LogP) is 5.73. The van der Waals surface area contributed by atoms with Crippen LogP contribution in [0.25, 0.3) is 5.57 Å². The van der Waals surface area contributed by atoms with Gasteiger partial charge in [0.25, 0.3) is 0 Å². The minimum atomic E-state index is -1.62. The highest BCUT2D eigenvalue weighted by atomic mass is 28.3. The van der Waals surface area contributed by atoms with Crippen LogP contribution in [0.4, 0.5) is 0 Å². The van der Waals surface area contributed by atoms with Crippen LogP contribution in [0.15, 0.2) is 66.7 Å². The maximum absolute atomic E-state index is 12.2. The Morgan fingerprint density at radius 3 is 2.23 bits per heavy atom. The number of hydrogen-bond acceptors (Lipinski definition) is 4. The van der Waals surface area contributed by atoms with Crippen molar-refractivity contribution >= 4 is 20.6 Å². The average molecular weight is 489 g/mol. The van der Waals surface area contributed by atoms with Gasteiger partial charge in [0.1, 0.15) is 17.1 Å². The van der Waals surface area contributed by atoms with Gasteiger partial charge in [-0.3, -0.25) is 0 Å². The molecule has 0 saturated carbocycles. The molecule has 1 atom stereocenters. The molecule has 0 aliphatic heterocycles. The molecule has 0 fully saturated rings. The summed E-state index contributed by atoms with van der Waals surface area (Å²) < 4.78 is 11.6. The quantitative estimate of drug-likeness (QED) is 0.433. The maximum atomic E-state index is 12.2. The Morgan fingerprint density at radius 2 is 1.66 bits per heavy atom. The molecule has 0 amide bonds. The fourth-order valence-corrected chi connectivity index (χ4v) is 5.29. The third kappa shape index (κ3) is 4.51. The number of fused-ring (bicyclic) bond motifs is 1. The smallest absolute Gasteiger partial charge is 0.336 e. The largest absolute Gasteiger partial charge is 0.547 e. The zero-order valence-corrected chi connectivity index (χ0v) is 22.2. The number of aromatic carboxylic acids is 1. The lowest BCUT2D eigenvalue weighted by Crippen LogP contribution is -2.25. The zero-order valence-electron chi connectivity index (χ0n) is 21.0. The van der Waals surface area contributed by atoms with E-state index in [4.69, 9.17) is 9.16 Å². The van der Waals surface area contributed by atoms with Crippen LogP contribution in [-0.2, 0) is 11.0 Å². The summed E-state index contributed by atoms with van der Waals surface area (Å²) in [7, 11) is 0.124. The van der Waals surface area contributed by atoms with E-state index in [-0.39, 0.29) is 11.0 Å². The van der Waals surface area contributed by atoms with Gasteiger partial charge in [-0.15, -0.1) is 0 Å². The first kappa shape index (κ1) is 24.8. The number of ether oxygens (including phenoxy) is 1. The van der Waals surface area contributed by atoms with Crippen molar-refractivity contribution in [3.8, 4) is 11.5 Å². The summed E-state index contributed by atoms with van der Waals surface area (Å²) in [5.41, 5.74) is 2.74. The Kier molecular flexibility index (Phi) is 6.38. The topological polar surface area (TPSA) is 76.0 Å². The van der Waals surface area contributed by atoms with Crippen molar-refractivity contribution in [1.82, 2.24) is 0 Å². The number of carbonyl (C=O) groups is 1. The van der Waals surface area contributed by atoms with Crippen LogP contribution in [0.3, 0.4) is 0 Å². The van der Waals surface area contributed by atoms with Crippen molar-refractivity contribution in [2.45, 2.75) is 44.9 Å². The highest BCUT2D eigenvalue weighted by Gasteiger charge is 2.42. The number of aliphatic hydroxyl groups is 1. The van der Waals surface area contributed by atoms with E-state index in [1.807, 2.05) is 12.1 Å². The van der Waals surface area contributed by atoms with Crippen molar-refractivity contribution in [2.24, 2.45) is 0 Å². The molecule has 35 heavy (non-hydrogen) atoms. The van der Waals surface area contributed by atoms with Gasteiger partial charge in [-0.05, 0) is 71.1 Å². The van der Waals surface area contributed by atoms with Crippen LogP contribution in [0.5, 0.6) is 11.5 Å². The highest BCUT2D eigenvalue weighted by molar-refractivity contribution is 6.49. The number of hydrogen-bond donors (Lipinski definition) is 2. The average Bonchev–Trinajstić information content (AvgIpc) is 3.12. The first-order chi connectivity index (χ1) is 16.5. The summed E-state index contributed by atoms with van der Waals surface area (Å²) in [5.74, 6) is 0.329. The summed E-state index contributed by atoms with van der Waals surface area (Å²) >= 11 is 0. The molecule has 0 saturated heterocycles. The molecule has 2 N–H and O–H groups in total. The number of carboxylic acids is 1. The van der Waals surface area contributed by atoms with Crippen molar-refractivity contribution in [3.05, 3.63) is 100 Å². The van der Waals surface area contributed by atoms with E-state index >= 15 is 0 Å². The molecule has 3 aromatic carbocycles. The number of benzene rings is 3. The zero-order chi connectivity index (χ0) is 25.5. The Bertz CT molecular complexity index is 1300. The summed E-state index contributed by atoms with van der Waals surface area (Å²) in [6.07, 6.45) is 1.76. The lowest BCUT2D eigenvalue weighted by atomic mass is 9.84. The molecule has 1 aliphatic rings. The predicted molar refractivity (Wildman–Crippen MR) is 141 cm³/mol. The van der Waals surface area contributed by atoms with Gasteiger partial charge < -0.3 is 19.4 Å². The molecule has 0 aromatic heterocycles. The molecule has 6 heteroatoms. The Labute approximate surface area is 208 Å². The standard InChI is InChI=1S/C29H32O5Si/c1-28(2,3)19-12-15-21(25(16-19)34-35(5)6)24-17-29(32,18-10-13-20(33-4)14-11-18)26-22(24)8-7-9-23(26)27(30)31/h7-17,32,35H,1-6H3,(H,30,31). The first-order valence-electron chi connectivity index (χ1n) is 11.7. The molecule has 3 aromatic rings. The Morgan fingerprint density at radius 1 is 0.971 bits per heavy atom. The molecule has 0 spiro atoms. The van der Waals surface area contributed by atoms with Crippen LogP contribution in [0, 0.1) is 0 Å². The fourth-order valence-electron chi connectivity index (χ4n) is 4.58. The lowest BCUT2D eigenvalue weighted by molar-refractivity contribution is 0.0683. The molecular weight excluding hydrogens is 456 g/mol. The minimum Gasteiger partial charge on any atom is -0.547 e. The molecule has 5 nitrogen and oxygen atoms in total. The van der Waals surface area contributed by atoms with Gasteiger partial charge in [0.2, 0.25) is 9.04 Å². The number of carboxylic acid groups (broad SMARTS) is 1. The summed E-state index contributed by atoms with van der Waals surface area (Å²) in [6.45, 7) is 10.7. The van der Waals surface area contributed by atoms with E-state index in [0.29, 0.717) is 22.4 Å². The van der Waals surface area contributed by atoms with Crippen LogP contribution in [0.2, 0.25) is 13.1 Å². The molecule has 1 unspecified atom stereocenters. The third-order valence-corrected chi connectivity index (χ3v) is 7.08. The van der Waals surface area contributed by atoms with Gasteiger partial charge >= 0.3 is 5.97 Å². The maximum Gasteiger partial charge on any atom is 0.336 e. The van der Waals surface area contributed by atoms with Crippen molar-refractivity contribution < 1.29 is 24.2 Å². The molecule has 4 rings (SSSR count). The minimum absolute atomic E-state index is 0.0581. The highest BCUT2D eigenvalue weighted by Crippen LogP contribution is 2.49. The van der Waals surface area contributed by atoms with E-state index in [1.54, 1.807) is 43.5 Å². The monoisotopic (exact) mass is 488 g/mol. The van der Waals surface area contributed by atoms with Gasteiger partial charge in [-0.1, -0.05) is 57.2 Å². The second-order valence-corrected chi connectivity index (χ2v) is 12.5. The second-order valence-electron chi connectivity index (χ2n) is 10.2. The van der Waals surface area contributed by atoms with E-state index in [1.165, 1.54) is 6.07 Å². The van der Waals surface area contributed by atoms with E-state index in [2.05, 4.69) is 46.0 Å². The van der Waals surface area contributed by atoms with Crippen molar-refractivity contribution in [3.63, 3.8) is 0 Å². The molecular formula is C29H32O5Si. The van der Waals surface area contributed by atoms with E-state index < -0.39 is 20.6 Å². The summed E-state index contributed by atoms with van der Waals surface area (Å²) in [5, 5.41) is 22.1. The van der Waals surface area contributed by atoms with Crippen LogP contribution >= 0.6 is 0 Å². The first-order valence-corrected chi connectivity index (χ1v) is 14.5. The molecule has 0 bridgehead atoms. The number of rotatable bonds is 6. The van der Waals surface area contributed by atoms with Gasteiger partial charge in [0.05, 0.1) is 12.7 Å². The van der Waals surface area contributed by atoms with E-state index in [0.717, 1.165) is 22.4 Å². The van der Waals surface area contributed by atoms with Gasteiger partial charge in [-0.25, -0.2) is 4.79 Å². The van der Waals surface area contributed by atoms with Crippen LogP contribution in [0.1, 0.15) is 58.9 Å². The van der Waals surface area contributed by atoms with E-state index in [9.17, 15) is 15.0 Å². The molecule has 0 heterocycles. The number of methoxy groups -OCH3 is 1. The van der Waals surface area contributed by atoms with Gasteiger partial charge in [-0.2, -0.15) is 0 Å². The summed E-state index contributed by atoms with van der Waals surface area (Å²) in [4.78, 5) is 12.2. The lowest BCUT2D eigenvalue weighted by Gasteiger charge is -2.25. The van der Waals surface area contributed by atoms with Crippen LogP contribution in [-0.4, -0.2) is 32.3 Å². The van der Waals surface area contributed by atoms with Crippen LogP contribution < -0.4 is 9.16 Å². The molecule has 182 valence electrons. The molecule has 0 radical (unpaired) electrons. The summed E-state index contributed by atoms with van der Waals surface area (Å²) in [6, 6.07) is 18.4. The Balaban J connectivity index is 1.99. The van der Waals surface area contributed by atoms with Gasteiger partial charge in [0.15, 0.2) is 0 Å².